The largest absolute Gasteiger partial charge is 0.460 e. The number of carbonyl (C=O) groups is 1. The van der Waals surface area contributed by atoms with Gasteiger partial charge in [-0.25, -0.2) is 8.78 Å². The highest BCUT2D eigenvalue weighted by Gasteiger charge is 2.24. The van der Waals surface area contributed by atoms with Gasteiger partial charge in [-0.3, -0.25) is 4.79 Å². The summed E-state index contributed by atoms with van der Waals surface area (Å²) >= 11 is 0. The molecule has 1 aromatic rings. The summed E-state index contributed by atoms with van der Waals surface area (Å²) in [6, 6.07) is 3.54. The number of rotatable bonds is 4. The van der Waals surface area contributed by atoms with Gasteiger partial charge >= 0.3 is 5.97 Å². The Kier molecular flexibility index (Phi) is 5.00. The molecule has 3 nitrogen and oxygen atoms in total. The molecule has 0 amide bonds. The maximum Gasteiger partial charge on any atom is 0.311 e. The predicted molar refractivity (Wildman–Crippen MR) is 68.5 cm³/mol. The number of esters is 1. The Hall–Kier alpha value is -1.49. The van der Waals surface area contributed by atoms with Crippen molar-refractivity contribution in [3.8, 4) is 0 Å². The first-order valence-corrected chi connectivity index (χ1v) is 6.10. The minimum Gasteiger partial charge on any atom is -0.460 e. The average Bonchev–Trinajstić information content (AvgIpc) is 2.28. The molecule has 106 valence electrons. The van der Waals surface area contributed by atoms with Gasteiger partial charge in [0.1, 0.15) is 5.60 Å². The fourth-order valence-electron chi connectivity index (χ4n) is 1.60. The molecule has 0 spiro atoms. The maximum atomic E-state index is 13.1. The van der Waals surface area contributed by atoms with Crippen LogP contribution in [0.1, 0.15) is 26.3 Å². The number of carbonyl (C=O) groups excluding carboxylic acids is 1. The van der Waals surface area contributed by atoms with E-state index in [1.165, 1.54) is 6.07 Å². The highest BCUT2D eigenvalue weighted by Crippen LogP contribution is 2.16. The van der Waals surface area contributed by atoms with E-state index in [4.69, 9.17) is 10.5 Å². The zero-order valence-electron chi connectivity index (χ0n) is 11.4. The van der Waals surface area contributed by atoms with E-state index in [0.717, 1.165) is 12.1 Å². The summed E-state index contributed by atoms with van der Waals surface area (Å²) in [5, 5.41) is 0. The molecule has 1 atom stereocenters. The molecule has 0 bridgehead atoms. The molecule has 2 N–H and O–H groups in total. The molecule has 0 fully saturated rings. The van der Waals surface area contributed by atoms with Gasteiger partial charge in [0.05, 0.1) is 5.92 Å². The summed E-state index contributed by atoms with van der Waals surface area (Å²) in [6.45, 7) is 5.37. The highest BCUT2D eigenvalue weighted by molar-refractivity contribution is 5.73. The molecule has 1 unspecified atom stereocenters. The van der Waals surface area contributed by atoms with Crippen LogP contribution in [0.5, 0.6) is 0 Å². The minimum atomic E-state index is -0.933. The first kappa shape index (κ1) is 15.6. The number of hydrogen-bond acceptors (Lipinski definition) is 3. The van der Waals surface area contributed by atoms with E-state index < -0.39 is 29.1 Å². The van der Waals surface area contributed by atoms with Crippen LogP contribution in [0.3, 0.4) is 0 Å². The smallest absolute Gasteiger partial charge is 0.311 e. The van der Waals surface area contributed by atoms with Crippen LogP contribution in [0.2, 0.25) is 0 Å². The van der Waals surface area contributed by atoms with Gasteiger partial charge in [-0.1, -0.05) is 6.07 Å². The predicted octanol–water partition coefficient (Wildman–Crippen LogP) is 2.42. The molecule has 0 aliphatic heterocycles. The summed E-state index contributed by atoms with van der Waals surface area (Å²) in [6.07, 6.45) is 0.225. The molecule has 19 heavy (non-hydrogen) atoms. The van der Waals surface area contributed by atoms with Crippen molar-refractivity contribution in [3.05, 3.63) is 35.4 Å². The van der Waals surface area contributed by atoms with Gasteiger partial charge in [0.2, 0.25) is 0 Å². The lowest BCUT2D eigenvalue weighted by Crippen LogP contribution is -2.33. The molecule has 0 saturated carbocycles. The fourth-order valence-corrected chi connectivity index (χ4v) is 1.60. The van der Waals surface area contributed by atoms with E-state index in [0.29, 0.717) is 5.56 Å². The maximum absolute atomic E-state index is 13.1. The van der Waals surface area contributed by atoms with E-state index in [1.54, 1.807) is 20.8 Å². The van der Waals surface area contributed by atoms with Crippen molar-refractivity contribution >= 4 is 5.97 Å². The van der Waals surface area contributed by atoms with Gasteiger partial charge in [-0.15, -0.1) is 0 Å². The standard InChI is InChI=1S/C14H19F2NO2/c1-14(2,3)19-13(18)10(8-17)6-9-4-5-11(15)12(16)7-9/h4-5,7,10H,6,8,17H2,1-3H3. The topological polar surface area (TPSA) is 52.3 Å². The quantitative estimate of drug-likeness (QED) is 0.856. The molecule has 0 aliphatic rings. The fraction of sp³-hybridized carbons (Fsp3) is 0.500. The molecule has 0 saturated heterocycles. The molecular formula is C14H19F2NO2. The van der Waals surface area contributed by atoms with Crippen molar-refractivity contribution in [1.29, 1.82) is 0 Å². The summed E-state index contributed by atoms with van der Waals surface area (Å²) in [5.74, 6) is -2.84. The normalized spacial score (nSPS) is 13.2. The third-order valence-electron chi connectivity index (χ3n) is 2.49. The van der Waals surface area contributed by atoms with Crippen LogP contribution in [0.4, 0.5) is 8.78 Å². The molecular weight excluding hydrogens is 252 g/mol. The third-order valence-corrected chi connectivity index (χ3v) is 2.49. The first-order valence-electron chi connectivity index (χ1n) is 6.10. The zero-order valence-corrected chi connectivity index (χ0v) is 11.4. The van der Waals surface area contributed by atoms with Crippen molar-refractivity contribution in [2.24, 2.45) is 11.7 Å². The number of halogens is 2. The van der Waals surface area contributed by atoms with Crippen molar-refractivity contribution in [2.45, 2.75) is 32.8 Å². The molecule has 0 heterocycles. The summed E-state index contributed by atoms with van der Waals surface area (Å²) in [4.78, 5) is 11.9. The average molecular weight is 271 g/mol. The summed E-state index contributed by atoms with van der Waals surface area (Å²) in [7, 11) is 0. The van der Waals surface area contributed by atoms with Crippen LogP contribution in [0, 0.1) is 17.6 Å². The second kappa shape index (κ2) is 6.10. The lowest BCUT2D eigenvalue weighted by Gasteiger charge is -2.23. The van der Waals surface area contributed by atoms with Crippen LogP contribution in [-0.4, -0.2) is 18.1 Å². The Morgan fingerprint density at radius 3 is 2.42 bits per heavy atom. The van der Waals surface area contributed by atoms with Gasteiger partial charge in [-0.05, 0) is 44.9 Å². The van der Waals surface area contributed by atoms with Crippen LogP contribution < -0.4 is 5.73 Å². The number of hydrogen-bond donors (Lipinski definition) is 1. The van der Waals surface area contributed by atoms with Crippen LogP contribution in [0.15, 0.2) is 18.2 Å². The Bertz CT molecular complexity index is 455. The van der Waals surface area contributed by atoms with Crippen molar-refractivity contribution in [3.63, 3.8) is 0 Å². The zero-order chi connectivity index (χ0) is 14.6. The van der Waals surface area contributed by atoms with Crippen molar-refractivity contribution in [1.82, 2.24) is 0 Å². The summed E-state index contributed by atoms with van der Waals surface area (Å²) in [5.41, 5.74) is 5.46. The van der Waals surface area contributed by atoms with E-state index in [2.05, 4.69) is 0 Å². The Morgan fingerprint density at radius 1 is 1.32 bits per heavy atom. The number of nitrogens with two attached hydrogens (primary N) is 1. The number of ether oxygens (including phenoxy) is 1. The van der Waals surface area contributed by atoms with Gasteiger partial charge in [-0.2, -0.15) is 0 Å². The van der Waals surface area contributed by atoms with Gasteiger partial charge in [0.25, 0.3) is 0 Å². The second-order valence-corrected chi connectivity index (χ2v) is 5.42. The first-order chi connectivity index (χ1) is 8.73. The lowest BCUT2D eigenvalue weighted by atomic mass is 9.99. The lowest BCUT2D eigenvalue weighted by molar-refractivity contribution is -0.159. The molecule has 0 radical (unpaired) electrons. The minimum absolute atomic E-state index is 0.0912. The molecule has 0 aromatic heterocycles. The Balaban J connectivity index is 2.76. The van der Waals surface area contributed by atoms with E-state index >= 15 is 0 Å². The van der Waals surface area contributed by atoms with Gasteiger partial charge in [0, 0.05) is 6.54 Å². The Labute approximate surface area is 111 Å². The van der Waals surface area contributed by atoms with Crippen molar-refractivity contribution in [2.75, 3.05) is 6.54 Å². The van der Waals surface area contributed by atoms with Crippen molar-refractivity contribution < 1.29 is 18.3 Å². The monoisotopic (exact) mass is 271 g/mol. The van der Waals surface area contributed by atoms with E-state index in [1.807, 2.05) is 0 Å². The third kappa shape index (κ3) is 4.95. The molecule has 5 heteroatoms. The van der Waals surface area contributed by atoms with Gasteiger partial charge in [0.15, 0.2) is 11.6 Å². The van der Waals surface area contributed by atoms with Crippen LogP contribution >= 0.6 is 0 Å². The van der Waals surface area contributed by atoms with Gasteiger partial charge < -0.3 is 10.5 Å². The molecule has 0 aliphatic carbocycles. The molecule has 1 aromatic carbocycles. The molecule has 1 rings (SSSR count). The SMILES string of the molecule is CC(C)(C)OC(=O)C(CN)Cc1ccc(F)c(F)c1. The van der Waals surface area contributed by atoms with E-state index in [-0.39, 0.29) is 13.0 Å². The van der Waals surface area contributed by atoms with Crippen LogP contribution in [0.25, 0.3) is 0 Å². The summed E-state index contributed by atoms with van der Waals surface area (Å²) < 4.78 is 31.1. The van der Waals surface area contributed by atoms with E-state index in [9.17, 15) is 13.6 Å². The second-order valence-electron chi connectivity index (χ2n) is 5.42. The highest BCUT2D eigenvalue weighted by atomic mass is 19.2. The van der Waals surface area contributed by atoms with Crippen LogP contribution in [-0.2, 0) is 16.0 Å². The number of benzene rings is 1. The Morgan fingerprint density at radius 2 is 1.95 bits per heavy atom.